The van der Waals surface area contributed by atoms with Gasteiger partial charge in [-0.05, 0) is 36.8 Å². The molecule has 0 radical (unpaired) electrons. The van der Waals surface area contributed by atoms with Crippen molar-refractivity contribution in [3.8, 4) is 0 Å². The molecule has 0 aliphatic carbocycles. The van der Waals surface area contributed by atoms with Crippen LogP contribution < -0.4 is 0 Å². The summed E-state index contributed by atoms with van der Waals surface area (Å²) in [5.41, 5.74) is 4.39. The Morgan fingerprint density at radius 1 is 0.778 bits per heavy atom. The second-order valence-electron chi connectivity index (χ2n) is 5.80. The van der Waals surface area contributed by atoms with Gasteiger partial charge in [0.05, 0.1) is 22.4 Å². The third-order valence-electron chi connectivity index (χ3n) is 2.93. The second kappa shape index (κ2) is 5.47. The molecule has 0 atom stereocenters. The Kier molecular flexibility index (Phi) is 3.95. The number of hydrogen-bond donors (Lipinski definition) is 0. The smallest absolute Gasteiger partial charge is 0.0890 e. The van der Waals surface area contributed by atoms with E-state index in [-0.39, 0.29) is 0 Å². The Balaban J connectivity index is 2.48. The van der Waals surface area contributed by atoms with Crippen LogP contribution in [0.15, 0.2) is 24.3 Å². The van der Waals surface area contributed by atoms with Crippen LogP contribution in [0.4, 0.5) is 0 Å². The van der Waals surface area contributed by atoms with E-state index in [1.165, 1.54) is 11.4 Å². The van der Waals surface area contributed by atoms with Crippen molar-refractivity contribution in [2.45, 2.75) is 40.5 Å². The summed E-state index contributed by atoms with van der Waals surface area (Å²) in [7, 11) is 0. The Hall–Kier alpha value is -1.44. The first kappa shape index (κ1) is 13.0. The van der Waals surface area contributed by atoms with Gasteiger partial charge in [-0.3, -0.25) is 0 Å². The van der Waals surface area contributed by atoms with Crippen molar-refractivity contribution in [1.82, 2.24) is 9.97 Å². The van der Waals surface area contributed by atoms with E-state index in [9.17, 15) is 0 Å². The maximum Gasteiger partial charge on any atom is 0.0890 e. The third-order valence-corrected chi connectivity index (χ3v) is 2.93. The van der Waals surface area contributed by atoms with Crippen molar-refractivity contribution in [1.29, 1.82) is 0 Å². The molecule has 2 rings (SSSR count). The van der Waals surface area contributed by atoms with E-state index < -0.39 is 0 Å². The van der Waals surface area contributed by atoms with E-state index in [4.69, 9.17) is 9.97 Å². The number of rotatable bonds is 4. The molecule has 0 amide bonds. The second-order valence-corrected chi connectivity index (χ2v) is 5.80. The molecule has 2 aromatic rings. The van der Waals surface area contributed by atoms with E-state index in [0.717, 1.165) is 23.9 Å². The fourth-order valence-electron chi connectivity index (χ4n) is 2.17. The van der Waals surface area contributed by atoms with Crippen LogP contribution in [0.3, 0.4) is 0 Å². The lowest BCUT2D eigenvalue weighted by Gasteiger charge is -2.13. The normalized spacial score (nSPS) is 11.7. The zero-order valence-electron chi connectivity index (χ0n) is 11.8. The van der Waals surface area contributed by atoms with E-state index in [0.29, 0.717) is 11.8 Å². The summed E-state index contributed by atoms with van der Waals surface area (Å²) in [5, 5.41) is 0. The molecule has 0 unspecified atom stereocenters. The molecular weight excluding hydrogens is 220 g/mol. The lowest BCUT2D eigenvalue weighted by molar-refractivity contribution is 0.597. The van der Waals surface area contributed by atoms with Crippen molar-refractivity contribution in [3.63, 3.8) is 0 Å². The number of nitrogens with zero attached hydrogens (tertiary/aromatic N) is 2. The lowest BCUT2D eigenvalue weighted by atomic mass is 10.0. The molecule has 0 bridgehead atoms. The van der Waals surface area contributed by atoms with E-state index in [2.05, 4.69) is 27.7 Å². The zero-order chi connectivity index (χ0) is 13.1. The molecule has 0 saturated carbocycles. The van der Waals surface area contributed by atoms with Gasteiger partial charge in [-0.1, -0.05) is 39.8 Å². The average Bonchev–Trinajstić information content (AvgIpc) is 2.28. The van der Waals surface area contributed by atoms with Gasteiger partial charge in [0, 0.05) is 0 Å². The predicted octanol–water partition coefficient (Wildman–Crippen LogP) is 4.03. The molecule has 1 aromatic heterocycles. The summed E-state index contributed by atoms with van der Waals surface area (Å²) in [6, 6.07) is 8.15. The Labute approximate surface area is 109 Å². The number of aromatic nitrogens is 2. The van der Waals surface area contributed by atoms with Gasteiger partial charge in [0.2, 0.25) is 0 Å². The lowest BCUT2D eigenvalue weighted by Crippen LogP contribution is -2.08. The van der Waals surface area contributed by atoms with Gasteiger partial charge in [0.1, 0.15) is 0 Å². The highest BCUT2D eigenvalue weighted by Crippen LogP contribution is 2.18. The van der Waals surface area contributed by atoms with Crippen molar-refractivity contribution in [2.75, 3.05) is 0 Å². The SMILES string of the molecule is CC(C)Cc1nc2ccccc2nc1CC(C)C. The highest BCUT2D eigenvalue weighted by atomic mass is 14.8. The maximum atomic E-state index is 4.81. The van der Waals surface area contributed by atoms with Crippen molar-refractivity contribution < 1.29 is 0 Å². The molecule has 1 aromatic carbocycles. The minimum atomic E-state index is 0.617. The molecule has 0 spiro atoms. The van der Waals surface area contributed by atoms with Crippen LogP contribution in [0, 0.1) is 11.8 Å². The number of hydrogen-bond acceptors (Lipinski definition) is 2. The quantitative estimate of drug-likeness (QED) is 0.809. The monoisotopic (exact) mass is 242 g/mol. The third kappa shape index (κ3) is 3.06. The standard InChI is InChI=1S/C16H22N2/c1-11(2)9-15-16(10-12(3)4)18-14-8-6-5-7-13(14)17-15/h5-8,11-12H,9-10H2,1-4H3. The van der Waals surface area contributed by atoms with Gasteiger partial charge >= 0.3 is 0 Å². The highest BCUT2D eigenvalue weighted by Gasteiger charge is 2.11. The predicted molar refractivity (Wildman–Crippen MR) is 76.6 cm³/mol. The van der Waals surface area contributed by atoms with Crippen LogP contribution >= 0.6 is 0 Å². The first-order valence-corrected chi connectivity index (χ1v) is 6.80. The van der Waals surface area contributed by atoms with Crippen LogP contribution in [0.2, 0.25) is 0 Å². The molecule has 0 N–H and O–H groups in total. The molecule has 18 heavy (non-hydrogen) atoms. The first-order valence-electron chi connectivity index (χ1n) is 6.80. The van der Waals surface area contributed by atoms with Gasteiger partial charge in [-0.2, -0.15) is 0 Å². The molecular formula is C16H22N2. The number of benzene rings is 1. The summed E-state index contributed by atoms with van der Waals surface area (Å²) in [5.74, 6) is 1.23. The van der Waals surface area contributed by atoms with Crippen LogP contribution in [0.5, 0.6) is 0 Å². The van der Waals surface area contributed by atoms with E-state index in [1.54, 1.807) is 0 Å². The van der Waals surface area contributed by atoms with E-state index >= 15 is 0 Å². The first-order chi connectivity index (χ1) is 8.56. The maximum absolute atomic E-state index is 4.81. The van der Waals surface area contributed by atoms with Gasteiger partial charge in [-0.25, -0.2) is 9.97 Å². The van der Waals surface area contributed by atoms with Crippen LogP contribution in [0.1, 0.15) is 39.1 Å². The molecule has 0 fully saturated rings. The van der Waals surface area contributed by atoms with Crippen molar-refractivity contribution >= 4 is 11.0 Å². The minimum Gasteiger partial charge on any atom is -0.249 e. The molecule has 2 heteroatoms. The fourth-order valence-corrected chi connectivity index (χ4v) is 2.17. The molecule has 0 aliphatic heterocycles. The molecule has 2 nitrogen and oxygen atoms in total. The zero-order valence-corrected chi connectivity index (χ0v) is 11.8. The Bertz CT molecular complexity index is 481. The van der Waals surface area contributed by atoms with Crippen LogP contribution in [0.25, 0.3) is 11.0 Å². The summed E-state index contributed by atoms with van der Waals surface area (Å²) in [4.78, 5) is 9.61. The van der Waals surface area contributed by atoms with Crippen LogP contribution in [-0.2, 0) is 12.8 Å². The van der Waals surface area contributed by atoms with E-state index in [1.807, 2.05) is 24.3 Å². The van der Waals surface area contributed by atoms with Gasteiger partial charge in [0.25, 0.3) is 0 Å². The summed E-state index contributed by atoms with van der Waals surface area (Å²) in [6.07, 6.45) is 2.03. The molecule has 0 aliphatic rings. The number of fused-ring (bicyclic) bond motifs is 1. The molecule has 1 heterocycles. The Morgan fingerprint density at radius 2 is 1.17 bits per heavy atom. The molecule has 0 saturated heterocycles. The Morgan fingerprint density at radius 3 is 1.50 bits per heavy atom. The summed E-state index contributed by atoms with van der Waals surface area (Å²) in [6.45, 7) is 8.93. The van der Waals surface area contributed by atoms with Gasteiger partial charge < -0.3 is 0 Å². The summed E-state index contributed by atoms with van der Waals surface area (Å²) >= 11 is 0. The van der Waals surface area contributed by atoms with Crippen LogP contribution in [-0.4, -0.2) is 9.97 Å². The van der Waals surface area contributed by atoms with Crippen molar-refractivity contribution in [3.05, 3.63) is 35.7 Å². The topological polar surface area (TPSA) is 25.8 Å². The fraction of sp³-hybridized carbons (Fsp3) is 0.500. The van der Waals surface area contributed by atoms with Gasteiger partial charge in [-0.15, -0.1) is 0 Å². The minimum absolute atomic E-state index is 0.617. The average molecular weight is 242 g/mol. The largest absolute Gasteiger partial charge is 0.249 e. The molecule has 96 valence electrons. The summed E-state index contributed by atoms with van der Waals surface area (Å²) < 4.78 is 0. The highest BCUT2D eigenvalue weighted by molar-refractivity contribution is 5.74. The van der Waals surface area contributed by atoms with Crippen molar-refractivity contribution in [2.24, 2.45) is 11.8 Å². The van der Waals surface area contributed by atoms with Gasteiger partial charge in [0.15, 0.2) is 0 Å². The number of para-hydroxylation sites is 2.